The third kappa shape index (κ3) is 4.06. The molecule has 0 aliphatic carbocycles. The molecule has 0 spiro atoms. The van der Waals surface area contributed by atoms with E-state index in [1.54, 1.807) is 17.5 Å². The van der Waals surface area contributed by atoms with Gasteiger partial charge in [-0.1, -0.05) is 30.4 Å². The average molecular weight is 453 g/mol. The molecule has 0 unspecified atom stereocenters. The minimum Gasteiger partial charge on any atom is -0.369 e. The van der Waals surface area contributed by atoms with E-state index in [-0.39, 0.29) is 17.3 Å². The van der Waals surface area contributed by atoms with Gasteiger partial charge in [-0.05, 0) is 25.2 Å². The fraction of sp³-hybridized carbons (Fsp3) is 0.444. The SMILES string of the molecule is CC[C@]1(C)Cc2c(sc3nc(SC)nc(SCC(=O)Nc4nccs4)c23)CO1. The van der Waals surface area contributed by atoms with Gasteiger partial charge in [-0.2, -0.15) is 0 Å². The smallest absolute Gasteiger partial charge is 0.236 e. The van der Waals surface area contributed by atoms with Crippen LogP contribution >= 0.6 is 46.2 Å². The van der Waals surface area contributed by atoms with Crippen molar-refractivity contribution >= 4 is 67.5 Å². The Hall–Kier alpha value is -1.20. The number of thiophene rings is 1. The van der Waals surface area contributed by atoms with Gasteiger partial charge in [0.2, 0.25) is 5.91 Å². The van der Waals surface area contributed by atoms with Crippen LogP contribution in [0.3, 0.4) is 0 Å². The standard InChI is InChI=1S/C18H20N4O2S4/c1-4-18(2)7-10-11(8-24-18)28-15-13(10)14(21-17(22-15)25-3)27-9-12(23)20-16-19-5-6-26-16/h5-6H,4,7-9H2,1-3H3,(H,19,20,23)/t18-/m1/s1. The lowest BCUT2D eigenvalue weighted by Gasteiger charge is -2.33. The lowest BCUT2D eigenvalue weighted by Crippen LogP contribution is -2.33. The highest BCUT2D eigenvalue weighted by Gasteiger charge is 2.33. The molecule has 1 atom stereocenters. The van der Waals surface area contributed by atoms with Gasteiger partial charge in [0.05, 0.1) is 18.0 Å². The summed E-state index contributed by atoms with van der Waals surface area (Å²) in [5.41, 5.74) is 1.12. The van der Waals surface area contributed by atoms with Crippen LogP contribution < -0.4 is 5.32 Å². The fourth-order valence-electron chi connectivity index (χ4n) is 3.02. The number of thioether (sulfide) groups is 2. The van der Waals surface area contributed by atoms with Gasteiger partial charge in [-0.15, -0.1) is 22.7 Å². The summed E-state index contributed by atoms with van der Waals surface area (Å²) in [4.78, 5) is 28.1. The minimum atomic E-state index is -0.163. The number of fused-ring (bicyclic) bond motifs is 3. The lowest BCUT2D eigenvalue weighted by atomic mass is 9.90. The van der Waals surface area contributed by atoms with Crippen molar-refractivity contribution in [3.05, 3.63) is 22.0 Å². The molecule has 4 rings (SSSR count). The van der Waals surface area contributed by atoms with E-state index in [0.717, 1.165) is 33.2 Å². The zero-order valence-electron chi connectivity index (χ0n) is 15.8. The topological polar surface area (TPSA) is 77.0 Å². The van der Waals surface area contributed by atoms with Crippen LogP contribution in [-0.2, 0) is 22.6 Å². The molecule has 4 heterocycles. The highest BCUT2D eigenvalue weighted by molar-refractivity contribution is 8.00. The third-order valence-corrected chi connectivity index (χ3v) is 8.04. The zero-order chi connectivity index (χ0) is 19.7. The average Bonchev–Trinajstić information content (AvgIpc) is 3.33. The van der Waals surface area contributed by atoms with Crippen LogP contribution in [0, 0.1) is 0 Å². The van der Waals surface area contributed by atoms with E-state index in [2.05, 4.69) is 24.1 Å². The molecule has 3 aromatic rings. The normalized spacial score (nSPS) is 19.0. The Morgan fingerprint density at radius 2 is 2.29 bits per heavy atom. The Labute approximate surface area is 179 Å². The van der Waals surface area contributed by atoms with Gasteiger partial charge in [-0.25, -0.2) is 15.0 Å². The number of ether oxygens (including phenoxy) is 1. The van der Waals surface area contributed by atoms with Crippen molar-refractivity contribution in [2.24, 2.45) is 0 Å². The van der Waals surface area contributed by atoms with E-state index in [9.17, 15) is 4.79 Å². The Morgan fingerprint density at radius 1 is 1.43 bits per heavy atom. The predicted molar refractivity (Wildman–Crippen MR) is 118 cm³/mol. The molecule has 0 fully saturated rings. The third-order valence-electron chi connectivity index (χ3n) is 4.73. The van der Waals surface area contributed by atoms with Crippen molar-refractivity contribution in [2.45, 2.75) is 49.1 Å². The number of carbonyl (C=O) groups excluding carboxylic acids is 1. The molecule has 1 aliphatic rings. The number of amides is 1. The second-order valence-electron chi connectivity index (χ2n) is 6.64. The molecule has 0 saturated carbocycles. The van der Waals surface area contributed by atoms with Gasteiger partial charge in [0, 0.05) is 28.3 Å². The van der Waals surface area contributed by atoms with E-state index < -0.39 is 0 Å². The Bertz CT molecular complexity index is 1000. The first-order valence-corrected chi connectivity index (χ1v) is 12.7. The van der Waals surface area contributed by atoms with E-state index >= 15 is 0 Å². The Balaban J connectivity index is 1.64. The Kier molecular flexibility index (Phi) is 5.93. The molecule has 0 aromatic carbocycles. The number of rotatable bonds is 6. The van der Waals surface area contributed by atoms with Crippen molar-refractivity contribution in [1.29, 1.82) is 0 Å². The van der Waals surface area contributed by atoms with Crippen LogP contribution in [0.5, 0.6) is 0 Å². The van der Waals surface area contributed by atoms with Crippen molar-refractivity contribution < 1.29 is 9.53 Å². The molecule has 3 aromatic heterocycles. The Morgan fingerprint density at radius 3 is 3.00 bits per heavy atom. The van der Waals surface area contributed by atoms with Gasteiger partial charge < -0.3 is 10.1 Å². The maximum absolute atomic E-state index is 12.3. The van der Waals surface area contributed by atoms with Crippen molar-refractivity contribution in [3.8, 4) is 0 Å². The second-order valence-corrected chi connectivity index (χ2v) is 10.4. The van der Waals surface area contributed by atoms with E-state index in [0.29, 0.717) is 11.7 Å². The molecule has 148 valence electrons. The summed E-state index contributed by atoms with van der Waals surface area (Å²) in [7, 11) is 0. The summed E-state index contributed by atoms with van der Waals surface area (Å²) in [6.07, 6.45) is 5.44. The quantitative estimate of drug-likeness (QED) is 0.326. The van der Waals surface area contributed by atoms with Gasteiger partial charge in [-0.3, -0.25) is 4.79 Å². The van der Waals surface area contributed by atoms with Crippen molar-refractivity contribution in [2.75, 3.05) is 17.3 Å². The maximum Gasteiger partial charge on any atom is 0.236 e. The molecular weight excluding hydrogens is 432 g/mol. The summed E-state index contributed by atoms with van der Waals surface area (Å²) in [6.45, 7) is 4.93. The molecule has 0 saturated heterocycles. The second kappa shape index (κ2) is 8.27. The first-order chi connectivity index (χ1) is 13.5. The zero-order valence-corrected chi connectivity index (χ0v) is 19.0. The number of hydrogen-bond acceptors (Lipinski definition) is 9. The molecule has 0 bridgehead atoms. The van der Waals surface area contributed by atoms with Crippen LogP contribution in [0.2, 0.25) is 0 Å². The van der Waals surface area contributed by atoms with Gasteiger partial charge in [0.15, 0.2) is 10.3 Å². The van der Waals surface area contributed by atoms with Crippen LogP contribution in [0.25, 0.3) is 10.2 Å². The number of nitrogens with zero attached hydrogens (tertiary/aromatic N) is 3. The van der Waals surface area contributed by atoms with E-state index in [1.807, 2.05) is 11.6 Å². The summed E-state index contributed by atoms with van der Waals surface area (Å²) < 4.78 is 6.10. The number of aromatic nitrogens is 3. The number of carbonyl (C=O) groups is 1. The fourth-order valence-corrected chi connectivity index (χ4v) is 6.07. The van der Waals surface area contributed by atoms with Gasteiger partial charge >= 0.3 is 0 Å². The van der Waals surface area contributed by atoms with Crippen LogP contribution in [0.1, 0.15) is 30.7 Å². The summed E-state index contributed by atoms with van der Waals surface area (Å²) >= 11 is 6.07. The molecule has 10 heteroatoms. The van der Waals surface area contributed by atoms with E-state index in [4.69, 9.17) is 14.7 Å². The molecule has 28 heavy (non-hydrogen) atoms. The molecule has 1 N–H and O–H groups in total. The first-order valence-electron chi connectivity index (χ1n) is 8.83. The minimum absolute atomic E-state index is 0.0803. The maximum atomic E-state index is 12.3. The molecule has 1 amide bonds. The van der Waals surface area contributed by atoms with Crippen molar-refractivity contribution in [3.63, 3.8) is 0 Å². The number of hydrogen-bond donors (Lipinski definition) is 1. The first kappa shape index (κ1) is 20.1. The molecule has 0 radical (unpaired) electrons. The highest BCUT2D eigenvalue weighted by atomic mass is 32.2. The summed E-state index contributed by atoms with van der Waals surface area (Å²) in [5, 5.41) is 7.98. The van der Waals surface area contributed by atoms with Crippen LogP contribution in [0.15, 0.2) is 21.8 Å². The lowest BCUT2D eigenvalue weighted by molar-refractivity contribution is -0.113. The number of anilines is 1. The van der Waals surface area contributed by atoms with Crippen LogP contribution in [-0.4, -0.2) is 38.5 Å². The highest BCUT2D eigenvalue weighted by Crippen LogP contribution is 2.43. The van der Waals surface area contributed by atoms with Gasteiger partial charge in [0.25, 0.3) is 0 Å². The summed E-state index contributed by atoms with van der Waals surface area (Å²) in [6, 6.07) is 0. The number of thiazole rings is 1. The molecule has 6 nitrogen and oxygen atoms in total. The van der Waals surface area contributed by atoms with Crippen LogP contribution in [0.4, 0.5) is 5.13 Å². The number of nitrogens with one attached hydrogen (secondary N) is 1. The van der Waals surface area contributed by atoms with Crippen molar-refractivity contribution in [1.82, 2.24) is 15.0 Å². The predicted octanol–water partition coefficient (Wildman–Crippen LogP) is 4.84. The monoisotopic (exact) mass is 452 g/mol. The van der Waals surface area contributed by atoms with Gasteiger partial charge in [0.1, 0.15) is 9.86 Å². The summed E-state index contributed by atoms with van der Waals surface area (Å²) in [5.74, 6) is 0.203. The van der Waals surface area contributed by atoms with E-state index in [1.165, 1.54) is 45.3 Å². The molecular formula is C18H20N4O2S4. The largest absolute Gasteiger partial charge is 0.369 e. The molecule has 1 aliphatic heterocycles.